The van der Waals surface area contributed by atoms with Crippen LogP contribution in [0.4, 0.5) is 0 Å². The summed E-state index contributed by atoms with van der Waals surface area (Å²) in [5.41, 5.74) is 4.44. The second kappa shape index (κ2) is 4.40. The maximum atomic E-state index is 4.35. The molecule has 1 aromatic carbocycles. The fraction of sp³-hybridized carbons (Fsp3) is 0.556. The molecule has 1 heteroatoms. The van der Waals surface area contributed by atoms with Crippen molar-refractivity contribution in [2.75, 3.05) is 0 Å². The number of nitrogens with zero attached hydrogens (tertiary/aromatic N) is 1. The molecule has 0 bridgehead atoms. The third-order valence-corrected chi connectivity index (χ3v) is 3.89. The maximum Gasteiger partial charge on any atom is 0.0595 e. The highest BCUT2D eigenvalue weighted by molar-refractivity contribution is 5.38. The van der Waals surface area contributed by atoms with Crippen molar-refractivity contribution in [2.45, 2.75) is 59.5 Å². The molecule has 0 spiro atoms. The van der Waals surface area contributed by atoms with E-state index in [0.717, 1.165) is 6.42 Å². The summed E-state index contributed by atoms with van der Waals surface area (Å²) in [6.45, 7) is 18.2. The van der Waals surface area contributed by atoms with E-state index in [2.05, 4.69) is 77.3 Å². The molecule has 2 rings (SSSR count). The Balaban J connectivity index is 2.62. The van der Waals surface area contributed by atoms with Crippen molar-refractivity contribution in [1.29, 1.82) is 0 Å². The van der Waals surface area contributed by atoms with Crippen LogP contribution in [0.1, 0.15) is 58.7 Å². The summed E-state index contributed by atoms with van der Waals surface area (Å²) in [6.07, 6.45) is 0.972. The van der Waals surface area contributed by atoms with Gasteiger partial charge in [0.2, 0.25) is 0 Å². The van der Waals surface area contributed by atoms with Crippen LogP contribution < -0.4 is 0 Å². The van der Waals surface area contributed by atoms with E-state index in [0.29, 0.717) is 6.04 Å². The summed E-state index contributed by atoms with van der Waals surface area (Å²) < 4.78 is 0. The highest BCUT2D eigenvalue weighted by Gasteiger charge is 2.41. The van der Waals surface area contributed by atoms with E-state index >= 15 is 0 Å². The number of hydrogen-bond donors (Lipinski definition) is 0. The minimum atomic E-state index is 0.0998. The summed E-state index contributed by atoms with van der Waals surface area (Å²) in [5, 5.41) is 0. The van der Waals surface area contributed by atoms with E-state index in [1.165, 1.54) is 16.8 Å². The summed E-state index contributed by atoms with van der Waals surface area (Å²) in [5.74, 6) is 0. The summed E-state index contributed by atoms with van der Waals surface area (Å²) in [6, 6.07) is 9.23. The molecule has 1 aliphatic rings. The van der Waals surface area contributed by atoms with E-state index in [1.54, 1.807) is 0 Å². The zero-order chi connectivity index (χ0) is 14.4. The Hall–Kier alpha value is -1.24. The van der Waals surface area contributed by atoms with Crippen LogP contribution in [0, 0.1) is 5.41 Å². The first-order valence-corrected chi connectivity index (χ1v) is 7.17. The van der Waals surface area contributed by atoms with E-state index < -0.39 is 0 Å². The van der Waals surface area contributed by atoms with Crippen LogP contribution in [-0.2, 0) is 6.42 Å². The molecule has 0 fully saturated rings. The van der Waals surface area contributed by atoms with Gasteiger partial charge < -0.3 is 4.90 Å². The van der Waals surface area contributed by atoms with Gasteiger partial charge >= 0.3 is 0 Å². The Kier molecular flexibility index (Phi) is 3.28. The fourth-order valence-corrected chi connectivity index (χ4v) is 3.30. The third-order valence-electron chi connectivity index (χ3n) is 3.89. The van der Waals surface area contributed by atoms with Gasteiger partial charge in [0.05, 0.1) is 6.04 Å². The number of benzene rings is 1. The Bertz CT molecular complexity index is 485. The first kappa shape index (κ1) is 14.2. The first-order valence-electron chi connectivity index (χ1n) is 7.17. The van der Waals surface area contributed by atoms with Crippen LogP contribution >= 0.6 is 0 Å². The predicted octanol–water partition coefficient (Wildman–Crippen LogP) is 4.94. The van der Waals surface area contributed by atoms with Gasteiger partial charge in [0, 0.05) is 17.7 Å². The topological polar surface area (TPSA) is 3.24 Å². The molecule has 0 N–H and O–H groups in total. The van der Waals surface area contributed by atoms with Gasteiger partial charge in [0.25, 0.3) is 0 Å². The summed E-state index contributed by atoms with van der Waals surface area (Å²) in [7, 11) is 0. The number of fused-ring (bicyclic) bond motifs is 1. The van der Waals surface area contributed by atoms with E-state index in [-0.39, 0.29) is 11.0 Å². The molecule has 104 valence electrons. The van der Waals surface area contributed by atoms with Crippen molar-refractivity contribution in [2.24, 2.45) is 5.41 Å². The summed E-state index contributed by atoms with van der Waals surface area (Å²) >= 11 is 0. The minimum Gasteiger partial charge on any atom is -0.363 e. The molecule has 19 heavy (non-hydrogen) atoms. The van der Waals surface area contributed by atoms with Crippen molar-refractivity contribution in [3.05, 3.63) is 47.7 Å². The normalized spacial score (nSPS) is 20.4. The lowest BCUT2D eigenvalue weighted by molar-refractivity contribution is 0.0459. The molecule has 1 unspecified atom stereocenters. The number of allylic oxidation sites excluding steroid dienone is 1. The molecule has 0 aliphatic carbocycles. The molecular formula is C18H27N. The predicted molar refractivity (Wildman–Crippen MR) is 83.1 cm³/mol. The lowest BCUT2D eigenvalue weighted by atomic mass is 9.74. The number of rotatable bonds is 0. The minimum absolute atomic E-state index is 0.0998. The molecule has 0 radical (unpaired) electrons. The molecule has 1 atom stereocenters. The summed E-state index contributed by atoms with van der Waals surface area (Å²) in [4.78, 5) is 2.52. The average molecular weight is 257 g/mol. The monoisotopic (exact) mass is 257 g/mol. The van der Waals surface area contributed by atoms with Crippen LogP contribution in [0.3, 0.4) is 0 Å². The van der Waals surface area contributed by atoms with E-state index in [4.69, 9.17) is 0 Å². The lowest BCUT2D eigenvalue weighted by Crippen LogP contribution is -2.49. The molecule has 1 nitrogen and oxygen atoms in total. The number of hydrogen-bond acceptors (Lipinski definition) is 1. The second-order valence-corrected chi connectivity index (χ2v) is 7.75. The first-order chi connectivity index (χ1) is 8.62. The standard InChI is InChI=1S/C18H27N/c1-13-12-14-10-8-9-11-15(14)16(17(2,3)4)19(13)18(5,6)7/h8-11,16H,1,12H2,2-7H3. The SMILES string of the molecule is C=C1Cc2ccccc2C(C(C)(C)C)N1C(C)(C)C. The highest BCUT2D eigenvalue weighted by Crippen LogP contribution is 2.47. The van der Waals surface area contributed by atoms with Crippen LogP contribution in [0.15, 0.2) is 36.5 Å². The van der Waals surface area contributed by atoms with Gasteiger partial charge in [-0.2, -0.15) is 0 Å². The molecule has 1 aliphatic heterocycles. The Morgan fingerprint density at radius 1 is 1.05 bits per heavy atom. The van der Waals surface area contributed by atoms with Gasteiger partial charge in [-0.05, 0) is 37.3 Å². The molecule has 1 heterocycles. The Labute approximate surface area is 118 Å². The highest BCUT2D eigenvalue weighted by atomic mass is 15.2. The Morgan fingerprint density at radius 3 is 2.16 bits per heavy atom. The maximum absolute atomic E-state index is 4.35. The van der Waals surface area contributed by atoms with Crippen molar-refractivity contribution >= 4 is 0 Å². The van der Waals surface area contributed by atoms with Crippen LogP contribution in [-0.4, -0.2) is 10.4 Å². The van der Waals surface area contributed by atoms with Gasteiger partial charge in [0.1, 0.15) is 0 Å². The third kappa shape index (κ3) is 2.56. The van der Waals surface area contributed by atoms with Gasteiger partial charge in [0.15, 0.2) is 0 Å². The van der Waals surface area contributed by atoms with E-state index in [1.807, 2.05) is 0 Å². The van der Waals surface area contributed by atoms with Crippen molar-refractivity contribution in [3.63, 3.8) is 0 Å². The molecule has 0 saturated heterocycles. The molecule has 0 aromatic heterocycles. The average Bonchev–Trinajstić information content (AvgIpc) is 2.24. The van der Waals surface area contributed by atoms with Crippen LogP contribution in [0.5, 0.6) is 0 Å². The van der Waals surface area contributed by atoms with Crippen LogP contribution in [0.25, 0.3) is 0 Å². The molecule has 0 saturated carbocycles. The molecule has 1 aromatic rings. The lowest BCUT2D eigenvalue weighted by Gasteiger charge is -2.53. The van der Waals surface area contributed by atoms with Crippen LogP contribution in [0.2, 0.25) is 0 Å². The molecular weight excluding hydrogens is 230 g/mol. The molecule has 0 amide bonds. The van der Waals surface area contributed by atoms with Gasteiger partial charge in [-0.1, -0.05) is 51.6 Å². The van der Waals surface area contributed by atoms with Crippen molar-refractivity contribution in [1.82, 2.24) is 4.90 Å². The van der Waals surface area contributed by atoms with Crippen molar-refractivity contribution < 1.29 is 0 Å². The quantitative estimate of drug-likeness (QED) is 0.636. The van der Waals surface area contributed by atoms with Crippen molar-refractivity contribution in [3.8, 4) is 0 Å². The van der Waals surface area contributed by atoms with Gasteiger partial charge in [-0.25, -0.2) is 0 Å². The van der Waals surface area contributed by atoms with Gasteiger partial charge in [-0.15, -0.1) is 0 Å². The Morgan fingerprint density at radius 2 is 1.63 bits per heavy atom. The van der Waals surface area contributed by atoms with Gasteiger partial charge in [-0.3, -0.25) is 0 Å². The second-order valence-electron chi connectivity index (χ2n) is 7.75. The zero-order valence-corrected chi connectivity index (χ0v) is 13.2. The zero-order valence-electron chi connectivity index (χ0n) is 13.2. The van der Waals surface area contributed by atoms with E-state index in [9.17, 15) is 0 Å². The fourth-order valence-electron chi connectivity index (χ4n) is 3.30. The largest absolute Gasteiger partial charge is 0.363 e. The smallest absolute Gasteiger partial charge is 0.0595 e.